The Hall–Kier alpha value is -2.05. The van der Waals surface area contributed by atoms with E-state index in [0.29, 0.717) is 13.1 Å². The van der Waals surface area contributed by atoms with E-state index in [9.17, 15) is 4.79 Å². The molecule has 0 saturated heterocycles. The number of fused-ring (bicyclic) bond motifs is 1. The van der Waals surface area contributed by atoms with Crippen LogP contribution in [-0.2, 0) is 29.7 Å². The summed E-state index contributed by atoms with van der Waals surface area (Å²) in [7, 11) is 1.97. The molecule has 1 aliphatic rings. The molecule has 0 spiro atoms. The fourth-order valence-electron chi connectivity index (χ4n) is 1.92. The molecule has 7 nitrogen and oxygen atoms in total. The summed E-state index contributed by atoms with van der Waals surface area (Å²) in [5, 5.41) is 0. The van der Waals surface area contributed by atoms with Crippen molar-refractivity contribution < 1.29 is 14.3 Å². The maximum absolute atomic E-state index is 11.9. The van der Waals surface area contributed by atoms with E-state index in [-0.39, 0.29) is 12.5 Å². The lowest BCUT2D eigenvalue weighted by Gasteiger charge is -2.24. The Balaban J connectivity index is 0.000000612. The van der Waals surface area contributed by atoms with Crippen LogP contribution in [0.15, 0.2) is 0 Å². The third kappa shape index (κ3) is 3.72. The highest BCUT2D eigenvalue weighted by molar-refractivity contribution is 5.69. The summed E-state index contributed by atoms with van der Waals surface area (Å²) in [5.41, 5.74) is 5.80. The second kappa shape index (κ2) is 5.94. The molecule has 0 radical (unpaired) electrons. The molecule has 2 heterocycles. The Kier molecular flexibility index (Phi) is 4.75. The zero-order valence-electron chi connectivity index (χ0n) is 12.6. The number of hydrogen-bond acceptors (Lipinski definition) is 4. The van der Waals surface area contributed by atoms with Gasteiger partial charge in [0.25, 0.3) is 0 Å². The van der Waals surface area contributed by atoms with Crippen molar-refractivity contribution in [3.63, 3.8) is 0 Å². The van der Waals surface area contributed by atoms with Gasteiger partial charge in [-0.15, -0.1) is 0 Å². The van der Waals surface area contributed by atoms with Crippen molar-refractivity contribution in [1.82, 2.24) is 14.5 Å². The van der Waals surface area contributed by atoms with Crippen LogP contribution in [0.1, 0.15) is 38.0 Å². The molecule has 1 aliphatic heterocycles. The van der Waals surface area contributed by atoms with Crippen LogP contribution in [0, 0.1) is 6.92 Å². The molecule has 0 aromatic carbocycles. The van der Waals surface area contributed by atoms with Crippen molar-refractivity contribution in [3.8, 4) is 0 Å². The molecule has 2 rings (SSSR count). The SMILES string of the molecule is Cc1nc2c(n1C)CN(C(=O)OC(C)(C)C)C2.NC=O. The highest BCUT2D eigenvalue weighted by Gasteiger charge is 2.30. The Labute approximate surface area is 118 Å². The number of primary amides is 1. The van der Waals surface area contributed by atoms with Crippen molar-refractivity contribution >= 4 is 12.5 Å². The number of carbonyl (C=O) groups is 2. The topological polar surface area (TPSA) is 90.4 Å². The molecule has 7 heteroatoms. The smallest absolute Gasteiger partial charge is 0.410 e. The summed E-state index contributed by atoms with van der Waals surface area (Å²) in [4.78, 5) is 26.6. The van der Waals surface area contributed by atoms with Gasteiger partial charge in [0.2, 0.25) is 6.41 Å². The quantitative estimate of drug-likeness (QED) is 0.721. The normalized spacial score (nSPS) is 13.3. The number of rotatable bonds is 0. The van der Waals surface area contributed by atoms with Crippen molar-refractivity contribution in [1.29, 1.82) is 0 Å². The molecular weight excluding hydrogens is 260 g/mol. The minimum atomic E-state index is -0.449. The highest BCUT2D eigenvalue weighted by Crippen LogP contribution is 2.24. The van der Waals surface area contributed by atoms with E-state index in [1.165, 1.54) is 0 Å². The Morgan fingerprint density at radius 2 is 1.95 bits per heavy atom. The Morgan fingerprint density at radius 1 is 1.40 bits per heavy atom. The number of aromatic nitrogens is 2. The van der Waals surface area contributed by atoms with Crippen LogP contribution in [-0.4, -0.2) is 32.6 Å². The minimum absolute atomic E-state index is 0.250. The second-order valence-corrected chi connectivity index (χ2v) is 5.58. The molecule has 0 atom stereocenters. The molecule has 0 aliphatic carbocycles. The fourth-order valence-corrected chi connectivity index (χ4v) is 1.92. The van der Waals surface area contributed by atoms with E-state index in [2.05, 4.69) is 10.7 Å². The van der Waals surface area contributed by atoms with Crippen LogP contribution >= 0.6 is 0 Å². The minimum Gasteiger partial charge on any atom is -0.444 e. The molecule has 1 aromatic heterocycles. The van der Waals surface area contributed by atoms with Gasteiger partial charge in [-0.2, -0.15) is 0 Å². The number of imidazole rings is 1. The van der Waals surface area contributed by atoms with Crippen molar-refractivity contribution in [3.05, 3.63) is 17.2 Å². The van der Waals surface area contributed by atoms with E-state index >= 15 is 0 Å². The number of aryl methyl sites for hydroxylation is 1. The van der Waals surface area contributed by atoms with Gasteiger partial charge in [-0.25, -0.2) is 9.78 Å². The largest absolute Gasteiger partial charge is 0.444 e. The van der Waals surface area contributed by atoms with Gasteiger partial charge < -0.3 is 15.0 Å². The first-order valence-electron chi connectivity index (χ1n) is 6.34. The second-order valence-electron chi connectivity index (χ2n) is 5.58. The number of hydrogen-bond donors (Lipinski definition) is 1. The zero-order chi connectivity index (χ0) is 15.5. The van der Waals surface area contributed by atoms with Crippen molar-refractivity contribution in [2.75, 3.05) is 0 Å². The van der Waals surface area contributed by atoms with E-state index in [1.54, 1.807) is 4.90 Å². The molecule has 2 N–H and O–H groups in total. The standard InChI is InChI=1S/C12H19N3O2.CH3NO/c1-8-13-9-6-15(7-10(9)14(8)5)11(16)17-12(2,3)4;2-1-3/h6-7H2,1-5H3;1H,(H2,2,3). The average Bonchev–Trinajstić information content (AvgIpc) is 2.80. The van der Waals surface area contributed by atoms with Gasteiger partial charge in [0.1, 0.15) is 11.4 Å². The predicted molar refractivity (Wildman–Crippen MR) is 73.7 cm³/mol. The Morgan fingerprint density at radius 3 is 2.40 bits per heavy atom. The summed E-state index contributed by atoms with van der Waals surface area (Å²) in [6, 6.07) is 0. The van der Waals surface area contributed by atoms with Crippen LogP contribution in [0.3, 0.4) is 0 Å². The molecule has 0 unspecified atom stereocenters. The van der Waals surface area contributed by atoms with Gasteiger partial charge in [-0.05, 0) is 27.7 Å². The molecule has 0 saturated carbocycles. The lowest BCUT2D eigenvalue weighted by atomic mass is 10.2. The molecule has 112 valence electrons. The third-order valence-corrected chi connectivity index (χ3v) is 2.85. The maximum atomic E-state index is 11.9. The highest BCUT2D eigenvalue weighted by atomic mass is 16.6. The molecule has 0 fully saturated rings. The number of amides is 2. The summed E-state index contributed by atoms with van der Waals surface area (Å²) >= 11 is 0. The number of ether oxygens (including phenoxy) is 1. The molecular formula is C13H22N4O3. The first-order valence-corrected chi connectivity index (χ1v) is 6.34. The maximum Gasteiger partial charge on any atom is 0.410 e. The number of nitrogens with two attached hydrogens (primary N) is 1. The van der Waals surface area contributed by atoms with Gasteiger partial charge >= 0.3 is 6.09 Å². The lowest BCUT2D eigenvalue weighted by Crippen LogP contribution is -2.33. The van der Waals surface area contributed by atoms with Crippen molar-refractivity contribution in [2.45, 2.75) is 46.4 Å². The average molecular weight is 282 g/mol. The van der Waals surface area contributed by atoms with Gasteiger partial charge in [0.15, 0.2) is 0 Å². The zero-order valence-corrected chi connectivity index (χ0v) is 12.6. The number of nitrogens with zero attached hydrogens (tertiary/aromatic N) is 3. The molecule has 20 heavy (non-hydrogen) atoms. The van der Waals surface area contributed by atoms with E-state index in [1.807, 2.05) is 39.3 Å². The van der Waals surface area contributed by atoms with E-state index < -0.39 is 5.60 Å². The van der Waals surface area contributed by atoms with Gasteiger partial charge in [-0.3, -0.25) is 9.69 Å². The molecule has 0 bridgehead atoms. The number of carbonyl (C=O) groups excluding carboxylic acids is 2. The van der Waals surface area contributed by atoms with Gasteiger partial charge in [0.05, 0.1) is 24.5 Å². The fraction of sp³-hybridized carbons (Fsp3) is 0.615. The van der Waals surface area contributed by atoms with Gasteiger partial charge in [0, 0.05) is 7.05 Å². The first-order chi connectivity index (χ1) is 9.19. The monoisotopic (exact) mass is 282 g/mol. The first kappa shape index (κ1) is 16.0. The predicted octanol–water partition coefficient (Wildman–Crippen LogP) is 1.08. The van der Waals surface area contributed by atoms with E-state index in [4.69, 9.17) is 9.53 Å². The molecule has 2 amide bonds. The van der Waals surface area contributed by atoms with Crippen LogP contribution < -0.4 is 5.73 Å². The van der Waals surface area contributed by atoms with Crippen LogP contribution in [0.5, 0.6) is 0 Å². The van der Waals surface area contributed by atoms with Crippen LogP contribution in [0.2, 0.25) is 0 Å². The summed E-state index contributed by atoms with van der Waals surface area (Å²) < 4.78 is 7.37. The Bertz CT molecular complexity index is 502. The van der Waals surface area contributed by atoms with Crippen molar-refractivity contribution in [2.24, 2.45) is 12.8 Å². The third-order valence-electron chi connectivity index (χ3n) is 2.85. The molecule has 1 aromatic rings. The van der Waals surface area contributed by atoms with Crippen LogP contribution in [0.25, 0.3) is 0 Å². The lowest BCUT2D eigenvalue weighted by molar-refractivity contribution is -0.106. The summed E-state index contributed by atoms with van der Waals surface area (Å²) in [6.45, 7) is 8.72. The van der Waals surface area contributed by atoms with Crippen LogP contribution in [0.4, 0.5) is 4.79 Å². The van der Waals surface area contributed by atoms with E-state index in [0.717, 1.165) is 17.2 Å². The van der Waals surface area contributed by atoms with Gasteiger partial charge in [-0.1, -0.05) is 0 Å². The summed E-state index contributed by atoms with van der Waals surface area (Å²) in [5.74, 6) is 0.985. The summed E-state index contributed by atoms with van der Waals surface area (Å²) in [6.07, 6.45) is -0.0202.